The van der Waals surface area contributed by atoms with Crippen LogP contribution in [0.2, 0.25) is 0 Å². The minimum Gasteiger partial charge on any atom is -0.459 e. The maximum absolute atomic E-state index is 12.4. The molecule has 0 unspecified atom stereocenters. The molecular formula is C22H25N3O3S. The Kier molecular flexibility index (Phi) is 6.27. The maximum Gasteiger partial charge on any atom is 0.286 e. The van der Waals surface area contributed by atoms with Crippen molar-refractivity contribution >= 4 is 33.2 Å². The summed E-state index contributed by atoms with van der Waals surface area (Å²) < 4.78 is 6.38. The number of nitrogens with one attached hydrogen (secondary N) is 1. The number of rotatable bonds is 7. The van der Waals surface area contributed by atoms with E-state index in [1.807, 2.05) is 4.90 Å². The van der Waals surface area contributed by atoms with Crippen molar-refractivity contribution in [3.63, 3.8) is 0 Å². The number of amides is 2. The van der Waals surface area contributed by atoms with Crippen LogP contribution < -0.4 is 5.32 Å². The average molecular weight is 412 g/mol. The molecule has 2 amide bonds. The van der Waals surface area contributed by atoms with Gasteiger partial charge in [0.1, 0.15) is 0 Å². The van der Waals surface area contributed by atoms with Gasteiger partial charge >= 0.3 is 0 Å². The summed E-state index contributed by atoms with van der Waals surface area (Å²) in [5.74, 6) is 0.223. The first-order valence-electron chi connectivity index (χ1n) is 9.97. The summed E-state index contributed by atoms with van der Waals surface area (Å²) in [6.45, 7) is 4.72. The van der Waals surface area contributed by atoms with Gasteiger partial charge < -0.3 is 14.6 Å². The van der Waals surface area contributed by atoms with Gasteiger partial charge in [0.05, 0.1) is 6.26 Å². The Morgan fingerprint density at radius 3 is 2.69 bits per heavy atom. The number of hydrogen-bond acceptors (Lipinski definition) is 5. The Balaban J connectivity index is 1.17. The highest BCUT2D eigenvalue weighted by Gasteiger charge is 2.21. The fraction of sp³-hybridized carbons (Fsp3) is 0.364. The fourth-order valence-corrected chi connectivity index (χ4v) is 4.60. The third-order valence-electron chi connectivity index (χ3n) is 5.28. The second-order valence-corrected chi connectivity index (χ2v) is 8.16. The quantitative estimate of drug-likeness (QED) is 0.606. The molecule has 3 aromatic rings. The number of carbonyl (C=O) groups is 2. The molecule has 0 aliphatic carbocycles. The Morgan fingerprint density at radius 2 is 1.90 bits per heavy atom. The van der Waals surface area contributed by atoms with Gasteiger partial charge in [0.25, 0.3) is 5.91 Å². The number of fused-ring (bicyclic) bond motifs is 1. The Hall–Kier alpha value is -2.64. The molecule has 1 aromatic carbocycles. The minimum atomic E-state index is -0.239. The van der Waals surface area contributed by atoms with E-state index in [1.54, 1.807) is 23.5 Å². The van der Waals surface area contributed by atoms with Gasteiger partial charge in [0.2, 0.25) is 5.91 Å². The summed E-state index contributed by atoms with van der Waals surface area (Å²) in [6, 6.07) is 11.8. The molecule has 0 bridgehead atoms. The fourth-order valence-electron chi connectivity index (χ4n) is 3.65. The lowest BCUT2D eigenvalue weighted by molar-refractivity contribution is -0.133. The van der Waals surface area contributed by atoms with E-state index in [0.29, 0.717) is 25.1 Å². The third kappa shape index (κ3) is 4.86. The van der Waals surface area contributed by atoms with Gasteiger partial charge in [-0.25, -0.2) is 0 Å². The van der Waals surface area contributed by atoms with Crippen LogP contribution in [0.5, 0.6) is 0 Å². The molecule has 0 radical (unpaired) electrons. The number of hydrogen-bond donors (Lipinski definition) is 1. The molecule has 0 spiro atoms. The predicted octanol–water partition coefficient (Wildman–Crippen LogP) is 3.35. The topological polar surface area (TPSA) is 65.8 Å². The number of furan rings is 1. The third-order valence-corrected chi connectivity index (χ3v) is 6.29. The smallest absolute Gasteiger partial charge is 0.286 e. The molecular weight excluding hydrogens is 386 g/mol. The molecule has 0 atom stereocenters. The highest BCUT2D eigenvalue weighted by molar-refractivity contribution is 7.17. The summed E-state index contributed by atoms with van der Waals surface area (Å²) in [6.07, 6.45) is 2.55. The first-order valence-corrected chi connectivity index (χ1v) is 10.9. The van der Waals surface area contributed by atoms with Gasteiger partial charge in [0, 0.05) is 50.4 Å². The van der Waals surface area contributed by atoms with Gasteiger partial charge in [-0.3, -0.25) is 14.5 Å². The van der Waals surface area contributed by atoms with Crippen molar-refractivity contribution in [2.45, 2.75) is 19.4 Å². The average Bonchev–Trinajstić information content (AvgIpc) is 3.42. The molecule has 1 N–H and O–H groups in total. The van der Waals surface area contributed by atoms with E-state index in [0.717, 1.165) is 32.7 Å². The molecule has 1 aliphatic rings. The molecule has 152 valence electrons. The van der Waals surface area contributed by atoms with Crippen molar-refractivity contribution in [3.8, 4) is 0 Å². The highest BCUT2D eigenvalue weighted by Crippen LogP contribution is 2.27. The van der Waals surface area contributed by atoms with E-state index < -0.39 is 0 Å². The normalized spacial score (nSPS) is 15.0. The van der Waals surface area contributed by atoms with Crippen LogP contribution in [0.4, 0.5) is 0 Å². The van der Waals surface area contributed by atoms with Gasteiger partial charge in [0.15, 0.2) is 5.76 Å². The highest BCUT2D eigenvalue weighted by atomic mass is 32.1. The van der Waals surface area contributed by atoms with E-state index in [9.17, 15) is 9.59 Å². The molecule has 0 saturated carbocycles. The molecule has 7 heteroatoms. The van der Waals surface area contributed by atoms with Crippen molar-refractivity contribution in [1.29, 1.82) is 0 Å². The van der Waals surface area contributed by atoms with Crippen LogP contribution in [0.15, 0.2) is 52.5 Å². The SMILES string of the molecule is O=C(NCCCC(=O)N1CCN(Cc2csc3ccccc23)CC1)c1ccco1. The van der Waals surface area contributed by atoms with E-state index in [4.69, 9.17) is 4.42 Å². The summed E-state index contributed by atoms with van der Waals surface area (Å²) in [4.78, 5) is 28.6. The monoisotopic (exact) mass is 411 g/mol. The number of carbonyl (C=O) groups excluding carboxylic acids is 2. The number of nitrogens with zero attached hydrogens (tertiary/aromatic N) is 2. The van der Waals surface area contributed by atoms with Crippen LogP contribution in [-0.2, 0) is 11.3 Å². The van der Waals surface area contributed by atoms with Gasteiger partial charge in [-0.2, -0.15) is 0 Å². The second-order valence-electron chi connectivity index (χ2n) is 7.25. The van der Waals surface area contributed by atoms with Crippen LogP contribution in [0.3, 0.4) is 0 Å². The summed E-state index contributed by atoms with van der Waals surface area (Å²) in [5.41, 5.74) is 1.37. The van der Waals surface area contributed by atoms with Crippen molar-refractivity contribution in [2.75, 3.05) is 32.7 Å². The van der Waals surface area contributed by atoms with Crippen molar-refractivity contribution < 1.29 is 14.0 Å². The summed E-state index contributed by atoms with van der Waals surface area (Å²) >= 11 is 1.79. The van der Waals surface area contributed by atoms with Crippen LogP contribution in [-0.4, -0.2) is 54.3 Å². The molecule has 3 heterocycles. The first-order chi connectivity index (χ1) is 14.2. The Morgan fingerprint density at radius 1 is 1.07 bits per heavy atom. The Labute approximate surface area is 174 Å². The first kappa shape index (κ1) is 19.7. The Bertz CT molecular complexity index is 959. The number of piperazine rings is 1. The lowest BCUT2D eigenvalue weighted by atomic mass is 10.1. The lowest BCUT2D eigenvalue weighted by Crippen LogP contribution is -2.48. The van der Waals surface area contributed by atoms with Crippen molar-refractivity contribution in [1.82, 2.24) is 15.1 Å². The minimum absolute atomic E-state index is 0.165. The largest absolute Gasteiger partial charge is 0.459 e. The van der Waals surface area contributed by atoms with Gasteiger partial charge in [-0.1, -0.05) is 18.2 Å². The summed E-state index contributed by atoms with van der Waals surface area (Å²) in [5, 5.41) is 6.37. The van der Waals surface area contributed by atoms with Crippen molar-refractivity contribution in [2.24, 2.45) is 0 Å². The molecule has 4 rings (SSSR count). The van der Waals surface area contributed by atoms with E-state index in [1.165, 1.54) is 21.9 Å². The van der Waals surface area contributed by atoms with Crippen LogP contribution in [0.1, 0.15) is 29.0 Å². The van der Waals surface area contributed by atoms with Crippen LogP contribution >= 0.6 is 11.3 Å². The zero-order valence-corrected chi connectivity index (χ0v) is 17.1. The maximum atomic E-state index is 12.4. The molecule has 1 saturated heterocycles. The number of thiophene rings is 1. The zero-order chi connectivity index (χ0) is 20.1. The lowest BCUT2D eigenvalue weighted by Gasteiger charge is -2.34. The molecule has 1 fully saturated rings. The second kappa shape index (κ2) is 9.24. The van der Waals surface area contributed by atoms with Gasteiger partial charge in [-0.05, 0) is 40.9 Å². The molecule has 29 heavy (non-hydrogen) atoms. The summed E-state index contributed by atoms with van der Waals surface area (Å²) in [7, 11) is 0. The van der Waals surface area contributed by atoms with Crippen LogP contribution in [0, 0.1) is 0 Å². The molecule has 1 aliphatic heterocycles. The van der Waals surface area contributed by atoms with Crippen LogP contribution in [0.25, 0.3) is 10.1 Å². The molecule has 6 nitrogen and oxygen atoms in total. The predicted molar refractivity (Wildman–Crippen MR) is 114 cm³/mol. The van der Waals surface area contributed by atoms with Gasteiger partial charge in [-0.15, -0.1) is 11.3 Å². The van der Waals surface area contributed by atoms with Crippen molar-refractivity contribution in [3.05, 3.63) is 59.4 Å². The van der Waals surface area contributed by atoms with E-state index in [-0.39, 0.29) is 11.8 Å². The standard InChI is InChI=1S/C22H25N3O3S/c26-21(8-3-9-23-22(27)19-6-4-14-28-19)25-12-10-24(11-13-25)15-17-16-29-20-7-2-1-5-18(17)20/h1-2,4-7,14,16H,3,8-13,15H2,(H,23,27). The van der Waals surface area contributed by atoms with E-state index in [2.05, 4.69) is 39.9 Å². The van der Waals surface area contributed by atoms with E-state index >= 15 is 0 Å². The number of benzene rings is 1. The molecule has 2 aromatic heterocycles. The zero-order valence-electron chi connectivity index (χ0n) is 16.3.